The number of ether oxygens (including phenoxy) is 2. The summed E-state index contributed by atoms with van der Waals surface area (Å²) < 4.78 is 11.3. The van der Waals surface area contributed by atoms with E-state index in [1.54, 1.807) is 18.2 Å². The molecular formula is C9H9BrO3. The van der Waals surface area contributed by atoms with Crippen LogP contribution in [0.15, 0.2) is 22.7 Å². The largest absolute Gasteiger partial charge is 0.507 e. The second kappa shape index (κ2) is 3.65. The second-order valence-electron chi connectivity index (χ2n) is 2.78. The normalized spacial score (nSPS) is 17.9. The van der Waals surface area contributed by atoms with E-state index in [-0.39, 0.29) is 12.0 Å². The molecule has 0 atom stereocenters. The van der Waals surface area contributed by atoms with Gasteiger partial charge in [0.2, 0.25) is 0 Å². The zero-order chi connectivity index (χ0) is 9.26. The van der Waals surface area contributed by atoms with Crippen molar-refractivity contribution in [2.24, 2.45) is 0 Å². The summed E-state index contributed by atoms with van der Waals surface area (Å²) in [5.74, 6) is 0.224. The van der Waals surface area contributed by atoms with Crippen LogP contribution in [0.2, 0.25) is 0 Å². The number of phenolic OH excluding ortho intramolecular Hbond substituents is 1. The SMILES string of the molecule is Oc1ccc(C2OCCO2)cc1Br. The van der Waals surface area contributed by atoms with Crippen LogP contribution in [0.1, 0.15) is 11.9 Å². The molecule has 1 aliphatic heterocycles. The van der Waals surface area contributed by atoms with Gasteiger partial charge in [0.1, 0.15) is 5.75 Å². The summed E-state index contributed by atoms with van der Waals surface area (Å²) in [6.07, 6.45) is -0.281. The van der Waals surface area contributed by atoms with E-state index in [9.17, 15) is 5.11 Å². The Labute approximate surface area is 84.4 Å². The summed E-state index contributed by atoms with van der Waals surface area (Å²) in [5, 5.41) is 9.26. The van der Waals surface area contributed by atoms with Gasteiger partial charge in [-0.3, -0.25) is 0 Å². The van der Waals surface area contributed by atoms with Crippen LogP contribution in [0.3, 0.4) is 0 Å². The van der Waals surface area contributed by atoms with Gasteiger partial charge in [-0.25, -0.2) is 0 Å². The molecule has 1 fully saturated rings. The van der Waals surface area contributed by atoms with E-state index in [1.807, 2.05) is 0 Å². The summed E-state index contributed by atoms with van der Waals surface area (Å²) in [6, 6.07) is 5.20. The molecule has 0 radical (unpaired) electrons. The maximum Gasteiger partial charge on any atom is 0.184 e. The first kappa shape index (κ1) is 8.99. The van der Waals surface area contributed by atoms with Gasteiger partial charge in [-0.1, -0.05) is 6.07 Å². The number of hydrogen-bond donors (Lipinski definition) is 1. The number of benzene rings is 1. The molecule has 1 aliphatic rings. The first-order chi connectivity index (χ1) is 6.27. The van der Waals surface area contributed by atoms with E-state index in [2.05, 4.69) is 15.9 Å². The van der Waals surface area contributed by atoms with E-state index < -0.39 is 0 Å². The Balaban J connectivity index is 2.25. The number of phenols is 1. The van der Waals surface area contributed by atoms with Crippen molar-refractivity contribution in [3.8, 4) is 5.75 Å². The lowest BCUT2D eigenvalue weighted by atomic mass is 10.2. The lowest BCUT2D eigenvalue weighted by Gasteiger charge is -2.09. The van der Waals surface area contributed by atoms with Crippen molar-refractivity contribution in [2.75, 3.05) is 13.2 Å². The van der Waals surface area contributed by atoms with Gasteiger partial charge < -0.3 is 14.6 Å². The molecule has 1 heterocycles. The molecule has 0 amide bonds. The number of hydrogen-bond acceptors (Lipinski definition) is 3. The Hall–Kier alpha value is -0.580. The zero-order valence-corrected chi connectivity index (χ0v) is 8.45. The molecule has 0 aliphatic carbocycles. The zero-order valence-electron chi connectivity index (χ0n) is 6.87. The third-order valence-electron chi connectivity index (χ3n) is 1.87. The molecule has 70 valence electrons. The number of aromatic hydroxyl groups is 1. The Bertz CT molecular complexity index is 308. The lowest BCUT2D eigenvalue weighted by molar-refractivity contribution is -0.0441. The molecule has 2 rings (SSSR count). The molecule has 0 bridgehead atoms. The first-order valence-electron chi connectivity index (χ1n) is 3.99. The second-order valence-corrected chi connectivity index (χ2v) is 3.64. The van der Waals surface area contributed by atoms with Gasteiger partial charge in [-0.05, 0) is 28.1 Å². The fourth-order valence-electron chi connectivity index (χ4n) is 1.22. The molecule has 1 saturated heterocycles. The van der Waals surface area contributed by atoms with Crippen LogP contribution in [0.4, 0.5) is 0 Å². The van der Waals surface area contributed by atoms with Crippen molar-refractivity contribution in [1.29, 1.82) is 0 Å². The van der Waals surface area contributed by atoms with E-state index in [0.29, 0.717) is 17.7 Å². The van der Waals surface area contributed by atoms with E-state index in [1.165, 1.54) is 0 Å². The minimum atomic E-state index is -0.281. The first-order valence-corrected chi connectivity index (χ1v) is 4.78. The van der Waals surface area contributed by atoms with Gasteiger partial charge in [0.15, 0.2) is 6.29 Å². The number of rotatable bonds is 1. The van der Waals surface area contributed by atoms with Gasteiger partial charge in [0.25, 0.3) is 0 Å². The predicted molar refractivity (Wildman–Crippen MR) is 50.5 cm³/mol. The summed E-state index contributed by atoms with van der Waals surface area (Å²) in [6.45, 7) is 1.26. The predicted octanol–water partition coefficient (Wildman–Crippen LogP) is 2.20. The highest BCUT2D eigenvalue weighted by Crippen LogP contribution is 2.30. The van der Waals surface area contributed by atoms with E-state index in [0.717, 1.165) is 5.56 Å². The average Bonchev–Trinajstić information content (AvgIpc) is 2.62. The van der Waals surface area contributed by atoms with Gasteiger partial charge in [-0.15, -0.1) is 0 Å². The highest BCUT2D eigenvalue weighted by Gasteiger charge is 2.18. The molecule has 0 aromatic heterocycles. The summed E-state index contributed by atoms with van der Waals surface area (Å²) in [7, 11) is 0. The van der Waals surface area contributed by atoms with Crippen molar-refractivity contribution in [2.45, 2.75) is 6.29 Å². The number of halogens is 1. The van der Waals surface area contributed by atoms with Crippen molar-refractivity contribution >= 4 is 15.9 Å². The molecular weight excluding hydrogens is 236 g/mol. The smallest absolute Gasteiger partial charge is 0.184 e. The van der Waals surface area contributed by atoms with E-state index in [4.69, 9.17) is 9.47 Å². The standard InChI is InChI=1S/C9H9BrO3/c10-7-5-6(1-2-8(7)11)9-12-3-4-13-9/h1-2,5,9,11H,3-4H2. The van der Waals surface area contributed by atoms with Crippen LogP contribution < -0.4 is 0 Å². The van der Waals surface area contributed by atoms with Crippen molar-refractivity contribution < 1.29 is 14.6 Å². The van der Waals surface area contributed by atoms with Crippen molar-refractivity contribution in [3.05, 3.63) is 28.2 Å². The van der Waals surface area contributed by atoms with Gasteiger partial charge in [0, 0.05) is 5.56 Å². The molecule has 3 nitrogen and oxygen atoms in total. The molecule has 0 unspecified atom stereocenters. The van der Waals surface area contributed by atoms with Gasteiger partial charge >= 0.3 is 0 Å². The molecule has 1 aromatic carbocycles. The van der Waals surface area contributed by atoms with Crippen LogP contribution >= 0.6 is 15.9 Å². The molecule has 1 aromatic rings. The molecule has 4 heteroatoms. The van der Waals surface area contributed by atoms with E-state index >= 15 is 0 Å². The monoisotopic (exact) mass is 244 g/mol. The minimum absolute atomic E-state index is 0.224. The molecule has 0 saturated carbocycles. The molecule has 1 N–H and O–H groups in total. The summed E-state index contributed by atoms with van der Waals surface area (Å²) in [5.41, 5.74) is 0.919. The van der Waals surface area contributed by atoms with Crippen LogP contribution in [-0.2, 0) is 9.47 Å². The topological polar surface area (TPSA) is 38.7 Å². The highest BCUT2D eigenvalue weighted by molar-refractivity contribution is 9.10. The third kappa shape index (κ3) is 1.85. The highest BCUT2D eigenvalue weighted by atomic mass is 79.9. The summed E-state index contributed by atoms with van der Waals surface area (Å²) in [4.78, 5) is 0. The van der Waals surface area contributed by atoms with Gasteiger partial charge in [0.05, 0.1) is 17.7 Å². The lowest BCUT2D eigenvalue weighted by Crippen LogP contribution is -1.97. The van der Waals surface area contributed by atoms with Crippen LogP contribution in [-0.4, -0.2) is 18.3 Å². The van der Waals surface area contributed by atoms with Crippen molar-refractivity contribution in [3.63, 3.8) is 0 Å². The minimum Gasteiger partial charge on any atom is -0.507 e. The Morgan fingerprint density at radius 3 is 2.62 bits per heavy atom. The van der Waals surface area contributed by atoms with Crippen molar-refractivity contribution in [1.82, 2.24) is 0 Å². The van der Waals surface area contributed by atoms with Crippen LogP contribution in [0, 0.1) is 0 Å². The van der Waals surface area contributed by atoms with Crippen LogP contribution in [0.25, 0.3) is 0 Å². The average molecular weight is 245 g/mol. The Morgan fingerprint density at radius 1 is 1.31 bits per heavy atom. The fraction of sp³-hybridized carbons (Fsp3) is 0.333. The fourth-order valence-corrected chi connectivity index (χ4v) is 1.62. The maximum atomic E-state index is 9.26. The van der Waals surface area contributed by atoms with Gasteiger partial charge in [-0.2, -0.15) is 0 Å². The Morgan fingerprint density at radius 2 is 2.00 bits per heavy atom. The summed E-state index contributed by atoms with van der Waals surface area (Å²) >= 11 is 3.23. The molecule has 13 heavy (non-hydrogen) atoms. The third-order valence-corrected chi connectivity index (χ3v) is 2.50. The Kier molecular flexibility index (Phi) is 2.53. The van der Waals surface area contributed by atoms with Crippen LogP contribution in [0.5, 0.6) is 5.75 Å². The maximum absolute atomic E-state index is 9.26. The molecule has 0 spiro atoms. The quantitative estimate of drug-likeness (QED) is 0.824.